The van der Waals surface area contributed by atoms with E-state index >= 15 is 0 Å². The zero-order valence-electron chi connectivity index (χ0n) is 17.5. The van der Waals surface area contributed by atoms with Crippen molar-refractivity contribution in [3.05, 3.63) is 87.3 Å². The number of carbonyl (C=O) groups is 1. The van der Waals surface area contributed by atoms with Gasteiger partial charge in [0.2, 0.25) is 11.7 Å². The normalized spacial score (nSPS) is 11.3. The minimum Gasteiger partial charge on any atom is -0.325 e. The molecule has 3 heterocycles. The average molecular weight is 480 g/mol. The number of benzene rings is 2. The highest BCUT2D eigenvalue weighted by Crippen LogP contribution is 2.25. The summed E-state index contributed by atoms with van der Waals surface area (Å²) in [5.41, 5.74) is 3.08. The number of hydrogen-bond donors (Lipinski definition) is 1. The van der Waals surface area contributed by atoms with Gasteiger partial charge in [0.15, 0.2) is 5.16 Å². The van der Waals surface area contributed by atoms with Crippen molar-refractivity contribution < 1.29 is 9.18 Å². The van der Waals surface area contributed by atoms with Crippen molar-refractivity contribution in [2.45, 2.75) is 18.6 Å². The Morgan fingerprint density at radius 3 is 2.76 bits per heavy atom. The van der Waals surface area contributed by atoms with E-state index in [0.717, 1.165) is 16.8 Å². The fourth-order valence-corrected chi connectivity index (χ4v) is 5.12. The first-order valence-corrected chi connectivity index (χ1v) is 11.9. The van der Waals surface area contributed by atoms with E-state index in [9.17, 15) is 14.0 Å². The molecule has 0 saturated heterocycles. The van der Waals surface area contributed by atoms with Crippen molar-refractivity contribution in [1.82, 2.24) is 19.2 Å². The molecule has 0 aliphatic rings. The van der Waals surface area contributed by atoms with Gasteiger partial charge in [0, 0.05) is 5.69 Å². The number of anilines is 1. The van der Waals surface area contributed by atoms with Crippen LogP contribution in [0.2, 0.25) is 0 Å². The molecule has 3 aromatic heterocycles. The predicted molar refractivity (Wildman–Crippen MR) is 129 cm³/mol. The first kappa shape index (κ1) is 21.4. The Kier molecular flexibility index (Phi) is 5.69. The highest BCUT2D eigenvalue weighted by Gasteiger charge is 2.19. The molecule has 0 atom stereocenters. The van der Waals surface area contributed by atoms with Crippen molar-refractivity contribution in [2.75, 3.05) is 11.1 Å². The van der Waals surface area contributed by atoms with Crippen molar-refractivity contribution in [3.8, 4) is 0 Å². The zero-order valence-corrected chi connectivity index (χ0v) is 19.1. The van der Waals surface area contributed by atoms with Gasteiger partial charge in [-0.25, -0.2) is 4.39 Å². The summed E-state index contributed by atoms with van der Waals surface area (Å²) in [5, 5.41) is 13.7. The summed E-state index contributed by atoms with van der Waals surface area (Å²) in [6.45, 7) is 2.19. The molecule has 0 saturated carbocycles. The SMILES string of the molecule is Cc1cccc(NC(=O)CSc2nnc3n(Cc4ccc(F)cc4)c(=O)c4sccc4n23)c1. The van der Waals surface area contributed by atoms with Crippen LogP contribution in [-0.2, 0) is 11.3 Å². The Bertz CT molecular complexity index is 1540. The summed E-state index contributed by atoms with van der Waals surface area (Å²) < 4.78 is 17.2. The second kappa shape index (κ2) is 8.80. The topological polar surface area (TPSA) is 81.3 Å². The largest absolute Gasteiger partial charge is 0.325 e. The fourth-order valence-electron chi connectivity index (χ4n) is 3.56. The summed E-state index contributed by atoms with van der Waals surface area (Å²) in [4.78, 5) is 25.6. The molecule has 7 nitrogen and oxygen atoms in total. The van der Waals surface area contributed by atoms with Gasteiger partial charge in [0.25, 0.3) is 5.56 Å². The molecule has 2 aromatic carbocycles. The molecule has 5 rings (SSSR count). The second-order valence-electron chi connectivity index (χ2n) is 7.48. The maximum absolute atomic E-state index is 13.3. The number of aryl methyl sites for hydroxylation is 1. The molecule has 33 heavy (non-hydrogen) atoms. The molecule has 166 valence electrons. The Morgan fingerprint density at radius 1 is 1.15 bits per heavy atom. The highest BCUT2D eigenvalue weighted by molar-refractivity contribution is 7.99. The molecule has 1 amide bonds. The van der Waals surface area contributed by atoms with E-state index in [4.69, 9.17) is 0 Å². The summed E-state index contributed by atoms with van der Waals surface area (Å²) in [6, 6.07) is 15.4. The van der Waals surface area contributed by atoms with Gasteiger partial charge in [-0.1, -0.05) is 36.0 Å². The second-order valence-corrected chi connectivity index (χ2v) is 9.34. The lowest BCUT2D eigenvalue weighted by Crippen LogP contribution is -2.23. The molecule has 5 aromatic rings. The quantitative estimate of drug-likeness (QED) is 0.367. The molecule has 1 N–H and O–H groups in total. The van der Waals surface area contributed by atoms with Crippen LogP contribution in [0.25, 0.3) is 16.0 Å². The number of amides is 1. The summed E-state index contributed by atoms with van der Waals surface area (Å²) in [5.74, 6) is 0.00712. The number of thioether (sulfide) groups is 1. The maximum Gasteiger partial charge on any atom is 0.273 e. The number of rotatable bonds is 6. The van der Waals surface area contributed by atoms with E-state index in [2.05, 4.69) is 15.5 Å². The average Bonchev–Trinajstić information content (AvgIpc) is 3.44. The van der Waals surface area contributed by atoms with Crippen LogP contribution in [0.1, 0.15) is 11.1 Å². The zero-order chi connectivity index (χ0) is 22.9. The van der Waals surface area contributed by atoms with Gasteiger partial charge >= 0.3 is 0 Å². The van der Waals surface area contributed by atoms with Crippen LogP contribution in [0.3, 0.4) is 0 Å². The molecular formula is C23H18FN5O2S2. The first-order valence-electron chi connectivity index (χ1n) is 10.1. The number of carbonyl (C=O) groups excluding carboxylic acids is 1. The fraction of sp³-hybridized carbons (Fsp3) is 0.130. The van der Waals surface area contributed by atoms with Gasteiger partial charge in [-0.15, -0.1) is 21.5 Å². The number of aromatic nitrogens is 4. The van der Waals surface area contributed by atoms with Gasteiger partial charge in [-0.05, 0) is 53.8 Å². The van der Waals surface area contributed by atoms with Crippen LogP contribution < -0.4 is 10.9 Å². The van der Waals surface area contributed by atoms with E-state index in [1.807, 2.05) is 42.6 Å². The number of nitrogens with zero attached hydrogens (tertiary/aromatic N) is 4. The Morgan fingerprint density at radius 2 is 1.97 bits per heavy atom. The van der Waals surface area contributed by atoms with Crippen LogP contribution in [0.15, 0.2) is 69.9 Å². The van der Waals surface area contributed by atoms with Crippen molar-refractivity contribution in [2.24, 2.45) is 0 Å². The van der Waals surface area contributed by atoms with E-state index in [0.29, 0.717) is 21.2 Å². The molecule has 0 fully saturated rings. The molecule has 0 unspecified atom stereocenters. The molecule has 0 bridgehead atoms. The smallest absolute Gasteiger partial charge is 0.273 e. The molecule has 0 aliphatic heterocycles. The Balaban J connectivity index is 1.46. The van der Waals surface area contributed by atoms with E-state index in [1.54, 1.807) is 16.5 Å². The molecule has 10 heteroatoms. The summed E-state index contributed by atoms with van der Waals surface area (Å²) in [7, 11) is 0. The van der Waals surface area contributed by atoms with Crippen molar-refractivity contribution >= 4 is 50.7 Å². The molecule has 0 radical (unpaired) electrons. The Labute approximate surface area is 195 Å². The monoisotopic (exact) mass is 479 g/mol. The lowest BCUT2D eigenvalue weighted by Gasteiger charge is -2.10. The maximum atomic E-state index is 13.3. The van der Waals surface area contributed by atoms with Crippen LogP contribution in [0.4, 0.5) is 10.1 Å². The van der Waals surface area contributed by atoms with Crippen LogP contribution in [0, 0.1) is 12.7 Å². The van der Waals surface area contributed by atoms with Gasteiger partial charge in [0.05, 0.1) is 17.8 Å². The third-order valence-corrected chi connectivity index (χ3v) is 6.89. The third-order valence-electron chi connectivity index (χ3n) is 5.07. The van der Waals surface area contributed by atoms with Crippen LogP contribution >= 0.6 is 23.1 Å². The lowest BCUT2D eigenvalue weighted by molar-refractivity contribution is -0.113. The number of nitrogens with one attached hydrogen (secondary N) is 1. The standard InChI is InChI=1S/C23H18FN5O2S2/c1-14-3-2-4-17(11-14)25-19(30)13-33-23-27-26-22-28(12-15-5-7-16(24)8-6-15)21(31)20-18(29(22)23)9-10-32-20/h2-11H,12-13H2,1H3,(H,25,30). The van der Waals surface area contributed by atoms with Gasteiger partial charge in [0.1, 0.15) is 10.5 Å². The number of fused-ring (bicyclic) bond motifs is 3. The van der Waals surface area contributed by atoms with Crippen molar-refractivity contribution in [1.29, 1.82) is 0 Å². The minimum absolute atomic E-state index is 0.136. The van der Waals surface area contributed by atoms with E-state index < -0.39 is 0 Å². The van der Waals surface area contributed by atoms with Gasteiger partial charge in [-0.3, -0.25) is 18.6 Å². The van der Waals surface area contributed by atoms with E-state index in [-0.39, 0.29) is 29.6 Å². The van der Waals surface area contributed by atoms with Gasteiger partial charge in [-0.2, -0.15) is 0 Å². The predicted octanol–water partition coefficient (Wildman–Crippen LogP) is 4.33. The number of hydrogen-bond acceptors (Lipinski definition) is 6. The van der Waals surface area contributed by atoms with Crippen molar-refractivity contribution in [3.63, 3.8) is 0 Å². The first-order chi connectivity index (χ1) is 16.0. The molecule has 0 spiro atoms. The lowest BCUT2D eigenvalue weighted by atomic mass is 10.2. The number of halogens is 1. The Hall–Kier alpha value is -3.50. The number of thiophene rings is 1. The summed E-state index contributed by atoms with van der Waals surface area (Å²) in [6.07, 6.45) is 0. The molecule has 0 aliphatic carbocycles. The van der Waals surface area contributed by atoms with Crippen LogP contribution in [-0.4, -0.2) is 30.8 Å². The van der Waals surface area contributed by atoms with Gasteiger partial charge < -0.3 is 5.32 Å². The van der Waals surface area contributed by atoms with E-state index in [1.165, 1.54) is 39.8 Å². The summed E-state index contributed by atoms with van der Waals surface area (Å²) >= 11 is 2.58. The van der Waals surface area contributed by atoms with Crippen LogP contribution in [0.5, 0.6) is 0 Å². The third kappa shape index (κ3) is 4.27. The molecular weight excluding hydrogens is 461 g/mol. The highest BCUT2D eigenvalue weighted by atomic mass is 32.2. The minimum atomic E-state index is -0.338.